The van der Waals surface area contributed by atoms with Crippen LogP contribution in [0, 0.1) is 39.9 Å². The van der Waals surface area contributed by atoms with Gasteiger partial charge in [-0.1, -0.05) is 32.9 Å². The van der Waals surface area contributed by atoms with Crippen molar-refractivity contribution in [1.82, 2.24) is 0 Å². The molecule has 4 aliphatic rings. The van der Waals surface area contributed by atoms with Gasteiger partial charge in [0, 0.05) is 6.42 Å². The summed E-state index contributed by atoms with van der Waals surface area (Å²) in [5.41, 5.74) is 0.933. The Balaban J connectivity index is 1.63. The van der Waals surface area contributed by atoms with E-state index in [4.69, 9.17) is 9.47 Å². The van der Waals surface area contributed by atoms with Gasteiger partial charge in [-0.15, -0.1) is 0 Å². The fraction of sp³-hybridized carbons (Fsp3) is 0.903. The van der Waals surface area contributed by atoms with Crippen molar-refractivity contribution in [3.8, 4) is 0 Å². The number of carbonyl (C=O) groups excluding carboxylic acids is 1. The van der Waals surface area contributed by atoms with Crippen LogP contribution in [0.15, 0.2) is 12.2 Å². The van der Waals surface area contributed by atoms with Crippen LogP contribution < -0.4 is 0 Å². The summed E-state index contributed by atoms with van der Waals surface area (Å²) < 4.78 is 11.8. The number of carbonyl (C=O) groups is 1. The molecule has 200 valence electrons. The van der Waals surface area contributed by atoms with E-state index in [9.17, 15) is 9.90 Å². The predicted molar refractivity (Wildman–Crippen MR) is 141 cm³/mol. The van der Waals surface area contributed by atoms with E-state index in [1.54, 1.807) is 0 Å². The minimum Gasteiger partial charge on any atom is -0.469 e. The summed E-state index contributed by atoms with van der Waals surface area (Å²) in [7, 11) is 1.50. The molecule has 4 rings (SSSR count). The molecule has 0 aromatic heterocycles. The Morgan fingerprint density at radius 3 is 2.23 bits per heavy atom. The van der Waals surface area contributed by atoms with Crippen LogP contribution in [0.2, 0.25) is 0 Å². The highest BCUT2D eigenvalue weighted by Gasteiger charge is 2.68. The molecule has 0 aromatic carbocycles. The second kappa shape index (κ2) is 8.86. The van der Waals surface area contributed by atoms with Crippen LogP contribution in [0.25, 0.3) is 0 Å². The molecular weight excluding hydrogens is 436 g/mol. The van der Waals surface area contributed by atoms with Gasteiger partial charge in [-0.2, -0.15) is 0 Å². The SMILES string of the molecule is C=C(C)[C@@H]1CC[C@]2(C)[C@@H](CC[C@@H]3[C@@H]([C@@]4(C)CC[C@H](C(C)(C)O)O4)CC[C@]32C)[C@@]1(C)CCC(=O)OC. The highest BCUT2D eigenvalue weighted by Crippen LogP contribution is 2.74. The number of allylic oxidation sites excluding steroid dienone is 1. The largest absolute Gasteiger partial charge is 0.469 e. The van der Waals surface area contributed by atoms with E-state index >= 15 is 0 Å². The van der Waals surface area contributed by atoms with Crippen molar-refractivity contribution in [3.63, 3.8) is 0 Å². The topological polar surface area (TPSA) is 55.8 Å². The zero-order valence-electron chi connectivity index (χ0n) is 23.8. The molecule has 0 aromatic rings. The molecule has 1 heterocycles. The minimum absolute atomic E-state index is 0.0683. The molecule has 0 radical (unpaired) electrons. The Bertz CT molecular complexity index is 843. The average molecular weight is 489 g/mol. The standard InChI is InChI=1S/C31H52O4/c1-20(2)21-12-18-30(7)24(28(21,5)16-15-26(32)34-9)11-10-22-23(13-17-29(22,30)6)31(8)19-14-25(35-31)27(3,4)33/h21-25,33H,1,10-19H2,2-9H3/t21-,22+,23-,24-,25+,28-,29+,30+,31+/m0/s1. The normalized spacial score (nSPS) is 47.7. The van der Waals surface area contributed by atoms with Crippen LogP contribution >= 0.6 is 0 Å². The number of esters is 1. The Morgan fingerprint density at radius 1 is 1.00 bits per heavy atom. The van der Waals surface area contributed by atoms with E-state index < -0.39 is 5.60 Å². The highest BCUT2D eigenvalue weighted by atomic mass is 16.5. The third-order valence-electron chi connectivity index (χ3n) is 12.2. The van der Waals surface area contributed by atoms with Gasteiger partial charge in [-0.05, 0) is 125 Å². The molecule has 1 saturated heterocycles. The molecule has 0 unspecified atom stereocenters. The minimum atomic E-state index is -0.786. The average Bonchev–Trinajstić information content (AvgIpc) is 3.34. The molecule has 3 saturated carbocycles. The summed E-state index contributed by atoms with van der Waals surface area (Å²) in [6, 6.07) is 0. The molecule has 3 aliphatic carbocycles. The van der Waals surface area contributed by atoms with Gasteiger partial charge in [-0.3, -0.25) is 4.79 Å². The van der Waals surface area contributed by atoms with Gasteiger partial charge in [0.25, 0.3) is 0 Å². The van der Waals surface area contributed by atoms with E-state index in [-0.39, 0.29) is 33.9 Å². The first-order chi connectivity index (χ1) is 16.1. The lowest BCUT2D eigenvalue weighted by Gasteiger charge is -2.66. The second-order valence-electron chi connectivity index (χ2n) is 14.3. The summed E-state index contributed by atoms with van der Waals surface area (Å²) in [6.45, 7) is 20.4. The molecule has 4 fully saturated rings. The van der Waals surface area contributed by atoms with Crippen LogP contribution in [0.5, 0.6) is 0 Å². The summed E-state index contributed by atoms with van der Waals surface area (Å²) in [5, 5.41) is 10.6. The third-order valence-corrected chi connectivity index (χ3v) is 12.2. The maximum atomic E-state index is 12.2. The van der Waals surface area contributed by atoms with Crippen molar-refractivity contribution < 1.29 is 19.4 Å². The molecule has 9 atom stereocenters. The lowest BCUT2D eigenvalue weighted by atomic mass is 9.38. The number of hydrogen-bond acceptors (Lipinski definition) is 4. The Kier molecular flexibility index (Phi) is 6.88. The molecule has 35 heavy (non-hydrogen) atoms. The van der Waals surface area contributed by atoms with E-state index in [0.29, 0.717) is 30.1 Å². The van der Waals surface area contributed by atoms with Gasteiger partial charge in [0.15, 0.2) is 0 Å². The Labute approximate surface area is 214 Å². The van der Waals surface area contributed by atoms with E-state index in [1.165, 1.54) is 51.2 Å². The lowest BCUT2D eigenvalue weighted by molar-refractivity contribution is -0.188. The fourth-order valence-electron chi connectivity index (χ4n) is 10.1. The van der Waals surface area contributed by atoms with E-state index in [2.05, 4.69) is 41.2 Å². The Morgan fingerprint density at radius 2 is 1.66 bits per heavy atom. The molecule has 0 spiro atoms. The molecule has 1 N–H and O–H groups in total. The van der Waals surface area contributed by atoms with Gasteiger partial charge in [0.1, 0.15) is 0 Å². The molecule has 0 amide bonds. The van der Waals surface area contributed by atoms with Gasteiger partial charge in [-0.25, -0.2) is 0 Å². The van der Waals surface area contributed by atoms with E-state index in [1.807, 2.05) is 13.8 Å². The third kappa shape index (κ3) is 4.13. The number of methoxy groups -OCH3 is 1. The van der Waals surface area contributed by atoms with Crippen molar-refractivity contribution in [2.24, 2.45) is 39.9 Å². The first-order valence-corrected chi connectivity index (χ1v) is 14.2. The van der Waals surface area contributed by atoms with E-state index in [0.717, 1.165) is 19.3 Å². The fourth-order valence-corrected chi connectivity index (χ4v) is 10.1. The summed E-state index contributed by atoms with van der Waals surface area (Å²) in [4.78, 5) is 12.2. The number of hydrogen-bond donors (Lipinski definition) is 1. The van der Waals surface area contributed by atoms with Crippen molar-refractivity contribution in [2.75, 3.05) is 7.11 Å². The zero-order chi connectivity index (χ0) is 26.0. The van der Waals surface area contributed by atoms with Crippen molar-refractivity contribution in [2.45, 2.75) is 130 Å². The molecule has 0 bridgehead atoms. The molecule has 1 aliphatic heterocycles. The van der Waals surface area contributed by atoms with Crippen LogP contribution in [-0.2, 0) is 14.3 Å². The summed E-state index contributed by atoms with van der Waals surface area (Å²) >= 11 is 0. The van der Waals surface area contributed by atoms with Crippen molar-refractivity contribution in [1.29, 1.82) is 0 Å². The highest BCUT2D eigenvalue weighted by molar-refractivity contribution is 5.69. The number of ether oxygens (including phenoxy) is 2. The molecular formula is C31H52O4. The van der Waals surface area contributed by atoms with Gasteiger partial charge in [0.2, 0.25) is 0 Å². The van der Waals surface area contributed by atoms with Crippen LogP contribution in [0.3, 0.4) is 0 Å². The van der Waals surface area contributed by atoms with Gasteiger partial charge >= 0.3 is 5.97 Å². The van der Waals surface area contributed by atoms with Gasteiger partial charge < -0.3 is 14.6 Å². The lowest BCUT2D eigenvalue weighted by Crippen LogP contribution is -2.60. The first kappa shape index (κ1) is 27.2. The maximum Gasteiger partial charge on any atom is 0.305 e. The monoisotopic (exact) mass is 488 g/mol. The molecule has 4 heteroatoms. The predicted octanol–water partition coefficient (Wildman–Crippen LogP) is 7.09. The number of aliphatic hydroxyl groups is 1. The number of fused-ring (bicyclic) bond motifs is 3. The second-order valence-corrected chi connectivity index (χ2v) is 14.3. The van der Waals surface area contributed by atoms with Crippen molar-refractivity contribution in [3.05, 3.63) is 12.2 Å². The van der Waals surface area contributed by atoms with Crippen LogP contribution in [-0.4, -0.2) is 35.5 Å². The Hall–Kier alpha value is -0.870. The molecule has 4 nitrogen and oxygen atoms in total. The van der Waals surface area contributed by atoms with Gasteiger partial charge in [0.05, 0.1) is 24.4 Å². The summed E-state index contributed by atoms with van der Waals surface area (Å²) in [6.07, 6.45) is 10.7. The number of rotatable bonds is 6. The zero-order valence-corrected chi connectivity index (χ0v) is 23.8. The van der Waals surface area contributed by atoms with Crippen LogP contribution in [0.1, 0.15) is 113 Å². The van der Waals surface area contributed by atoms with Crippen molar-refractivity contribution >= 4 is 5.97 Å². The quantitative estimate of drug-likeness (QED) is 0.320. The first-order valence-electron chi connectivity index (χ1n) is 14.2. The smallest absolute Gasteiger partial charge is 0.305 e. The van der Waals surface area contributed by atoms with Crippen LogP contribution in [0.4, 0.5) is 0 Å². The maximum absolute atomic E-state index is 12.2. The summed E-state index contributed by atoms with van der Waals surface area (Å²) in [5.74, 6) is 2.16.